The Morgan fingerprint density at radius 1 is 1.70 bits per heavy atom. The molecule has 0 fully saturated rings. The third-order valence-corrected chi connectivity index (χ3v) is 1.92. The van der Waals surface area contributed by atoms with Crippen LogP contribution in [0.5, 0.6) is 0 Å². The molecule has 0 aromatic rings. The van der Waals surface area contributed by atoms with E-state index in [2.05, 4.69) is 5.92 Å². The van der Waals surface area contributed by atoms with Crippen molar-refractivity contribution in [3.63, 3.8) is 0 Å². The largest absolute Gasteiger partial charge is 0.253 e. The van der Waals surface area contributed by atoms with Gasteiger partial charge in [0.05, 0.1) is 0 Å². The van der Waals surface area contributed by atoms with Crippen molar-refractivity contribution < 1.29 is 4.21 Å². The lowest BCUT2D eigenvalue weighted by atomic mass is 10.4. The van der Waals surface area contributed by atoms with Crippen LogP contribution < -0.4 is 0 Å². The van der Waals surface area contributed by atoms with E-state index in [4.69, 9.17) is 11.2 Å². The van der Waals surface area contributed by atoms with Crippen LogP contribution in [-0.4, -0.2) is 16.2 Å². The van der Waals surface area contributed by atoms with Crippen molar-refractivity contribution in [2.24, 2.45) is 0 Å². The van der Waals surface area contributed by atoms with Crippen LogP contribution in [0.1, 0.15) is 12.8 Å². The number of nitrogens with one attached hydrogen (secondary N) is 1. The maximum atomic E-state index is 10.7. The zero-order valence-corrected chi connectivity index (χ0v) is 7.56. The van der Waals surface area contributed by atoms with Gasteiger partial charge in [-0.1, -0.05) is 0 Å². The Bertz CT molecular complexity index is 202. The van der Waals surface area contributed by atoms with Gasteiger partial charge in [-0.3, -0.25) is 8.99 Å². The van der Waals surface area contributed by atoms with Gasteiger partial charge in [0.25, 0.3) is 0 Å². The van der Waals surface area contributed by atoms with Crippen molar-refractivity contribution in [2.45, 2.75) is 12.8 Å². The summed E-state index contributed by atoms with van der Waals surface area (Å²) in [4.78, 5) is 0. The van der Waals surface area contributed by atoms with Crippen molar-refractivity contribution in [1.29, 1.82) is 4.78 Å². The quantitative estimate of drug-likeness (QED) is 0.520. The minimum Gasteiger partial charge on any atom is -0.253 e. The number of hydrogen-bond acceptors (Lipinski definition) is 2. The Morgan fingerprint density at radius 3 is 2.50 bits per heavy atom. The zero-order chi connectivity index (χ0) is 7.33. The molecule has 1 atom stereocenters. The Balaban J connectivity index is 0. The lowest BCUT2D eigenvalue weighted by molar-refractivity contribution is 0.676. The van der Waals surface area contributed by atoms with Crippen LogP contribution in [0.25, 0.3) is 0 Å². The van der Waals surface area contributed by atoms with Crippen LogP contribution in [0, 0.1) is 17.1 Å². The first-order chi connectivity index (χ1) is 4.06. The average Bonchev–Trinajstić information content (AvgIpc) is 1.63. The molecule has 0 saturated carbocycles. The minimum atomic E-state index is -2.29. The summed E-state index contributed by atoms with van der Waals surface area (Å²) in [6.45, 7) is 0. The molecule has 0 aromatic carbocycles. The topological polar surface area (TPSA) is 40.9 Å². The molecule has 0 bridgehead atoms. The van der Waals surface area contributed by atoms with Gasteiger partial charge in [-0.15, -0.1) is 24.8 Å². The predicted octanol–water partition coefficient (Wildman–Crippen LogP) is 1.50. The zero-order valence-electron chi connectivity index (χ0n) is 5.92. The van der Waals surface area contributed by atoms with Gasteiger partial charge in [0.15, 0.2) is 0 Å². The lowest BCUT2D eigenvalue weighted by Gasteiger charge is -1.94. The molecule has 10 heavy (non-hydrogen) atoms. The molecule has 0 aliphatic heterocycles. The summed E-state index contributed by atoms with van der Waals surface area (Å²) in [6, 6.07) is 0. The monoisotopic (exact) mass is 181 g/mol. The van der Waals surface area contributed by atoms with E-state index in [1.165, 1.54) is 6.26 Å². The third kappa shape index (κ3) is 10.7. The second-order valence-electron chi connectivity index (χ2n) is 2.02. The first-order valence-electron chi connectivity index (χ1n) is 2.71. The molecule has 2 nitrogen and oxygen atoms in total. The number of unbranched alkanes of at least 4 members (excludes halogenated alkanes) is 1. The van der Waals surface area contributed by atoms with Crippen LogP contribution in [0.4, 0.5) is 0 Å². The normalized spacial score (nSPS) is 14.4. The summed E-state index contributed by atoms with van der Waals surface area (Å²) in [5.74, 6) is 2.86. The molecule has 4 heteroatoms. The number of terminal acetylenes is 1. The van der Waals surface area contributed by atoms with Crippen molar-refractivity contribution in [2.75, 3.05) is 12.0 Å². The maximum absolute atomic E-state index is 10.7. The fourth-order valence-electron chi connectivity index (χ4n) is 0.450. The van der Waals surface area contributed by atoms with Gasteiger partial charge >= 0.3 is 0 Å². The highest BCUT2D eigenvalue weighted by atomic mass is 35.5. The number of halogens is 1. The van der Waals surface area contributed by atoms with E-state index in [0.29, 0.717) is 18.6 Å². The van der Waals surface area contributed by atoms with Gasteiger partial charge in [-0.25, -0.2) is 0 Å². The SMILES string of the molecule is C#CCCCS(C)(=N)=O.Cl. The molecular weight excluding hydrogens is 170 g/mol. The Kier molecular flexibility index (Phi) is 6.95. The molecule has 0 amide bonds. The Morgan fingerprint density at radius 2 is 2.20 bits per heavy atom. The lowest BCUT2D eigenvalue weighted by Crippen LogP contribution is -1.99. The smallest absolute Gasteiger partial charge is 0.0412 e. The molecule has 0 aromatic heterocycles. The van der Waals surface area contributed by atoms with Crippen LogP contribution in [0.2, 0.25) is 0 Å². The number of hydrogen-bond donors (Lipinski definition) is 1. The molecule has 1 N–H and O–H groups in total. The minimum absolute atomic E-state index is 0. The van der Waals surface area contributed by atoms with E-state index in [1.807, 2.05) is 0 Å². The van der Waals surface area contributed by atoms with Gasteiger partial charge in [0.1, 0.15) is 0 Å². The number of rotatable bonds is 3. The van der Waals surface area contributed by atoms with Crippen molar-refractivity contribution in [3.05, 3.63) is 0 Å². The molecule has 0 aliphatic carbocycles. The summed E-state index contributed by atoms with van der Waals surface area (Å²) in [6.07, 6.45) is 7.72. The van der Waals surface area contributed by atoms with Gasteiger partial charge in [0, 0.05) is 28.2 Å². The standard InChI is InChI=1S/C6H11NOS.ClH/c1-3-4-5-6-9(2,7)8;/h1,7H,4-6H2,2H3;1H. The summed E-state index contributed by atoms with van der Waals surface area (Å²) >= 11 is 0. The second-order valence-corrected chi connectivity index (χ2v) is 4.44. The fourth-order valence-corrected chi connectivity index (χ4v) is 1.14. The molecule has 0 heterocycles. The molecule has 1 unspecified atom stereocenters. The van der Waals surface area contributed by atoms with E-state index in [1.54, 1.807) is 0 Å². The maximum Gasteiger partial charge on any atom is 0.0412 e. The molecule has 60 valence electrons. The predicted molar refractivity (Wildman–Crippen MR) is 47.0 cm³/mol. The first kappa shape index (κ1) is 12.5. The van der Waals surface area contributed by atoms with E-state index >= 15 is 0 Å². The van der Waals surface area contributed by atoms with E-state index in [9.17, 15) is 4.21 Å². The van der Waals surface area contributed by atoms with Gasteiger partial charge in [-0.2, -0.15) is 0 Å². The van der Waals surface area contributed by atoms with Crippen molar-refractivity contribution in [1.82, 2.24) is 0 Å². The molecule has 0 rings (SSSR count). The molecule has 0 radical (unpaired) electrons. The van der Waals surface area contributed by atoms with Crippen LogP contribution >= 0.6 is 12.4 Å². The Labute approximate surface area is 68.8 Å². The molecule has 0 saturated heterocycles. The van der Waals surface area contributed by atoms with Crippen molar-refractivity contribution in [3.8, 4) is 12.3 Å². The molecule has 0 aliphatic rings. The summed E-state index contributed by atoms with van der Waals surface area (Å²) in [7, 11) is -2.29. The second kappa shape index (κ2) is 5.57. The van der Waals surface area contributed by atoms with Crippen LogP contribution in [0.3, 0.4) is 0 Å². The first-order valence-corrected chi connectivity index (χ1v) is 4.85. The summed E-state index contributed by atoms with van der Waals surface area (Å²) in [5.41, 5.74) is 0. The highest BCUT2D eigenvalue weighted by Gasteiger charge is 1.94. The Hall–Kier alpha value is -0.200. The molecular formula is C6H12ClNOS. The van der Waals surface area contributed by atoms with Gasteiger partial charge in [-0.05, 0) is 6.42 Å². The van der Waals surface area contributed by atoms with E-state index in [-0.39, 0.29) is 12.4 Å². The fraction of sp³-hybridized carbons (Fsp3) is 0.667. The molecule has 0 spiro atoms. The van der Waals surface area contributed by atoms with Crippen molar-refractivity contribution >= 4 is 22.1 Å². The van der Waals surface area contributed by atoms with Gasteiger partial charge < -0.3 is 0 Å². The average molecular weight is 182 g/mol. The van der Waals surface area contributed by atoms with E-state index in [0.717, 1.165) is 0 Å². The third-order valence-electron chi connectivity index (χ3n) is 0.855. The highest BCUT2D eigenvalue weighted by Crippen LogP contribution is 1.92. The van der Waals surface area contributed by atoms with Gasteiger partial charge in [0.2, 0.25) is 0 Å². The highest BCUT2D eigenvalue weighted by molar-refractivity contribution is 7.91. The van der Waals surface area contributed by atoms with Crippen LogP contribution in [0.15, 0.2) is 0 Å². The van der Waals surface area contributed by atoms with Crippen LogP contribution in [-0.2, 0) is 9.73 Å². The summed E-state index contributed by atoms with van der Waals surface area (Å²) < 4.78 is 17.6. The summed E-state index contributed by atoms with van der Waals surface area (Å²) in [5, 5.41) is 0. The van der Waals surface area contributed by atoms with E-state index < -0.39 is 9.73 Å².